The lowest BCUT2D eigenvalue weighted by molar-refractivity contribution is -0.140. The highest BCUT2D eigenvalue weighted by Crippen LogP contribution is 2.37. The van der Waals surface area contributed by atoms with E-state index in [0.29, 0.717) is 12.1 Å². The number of amides is 2. The van der Waals surface area contributed by atoms with Gasteiger partial charge >= 0.3 is 18.2 Å². The van der Waals surface area contributed by atoms with Gasteiger partial charge in [-0.3, -0.25) is 4.90 Å². The lowest BCUT2D eigenvalue weighted by atomic mass is 9.94. The zero-order valence-corrected chi connectivity index (χ0v) is 17.1. The number of hydrogen-bond donors (Lipinski definition) is 3. The van der Waals surface area contributed by atoms with Crippen molar-refractivity contribution in [2.75, 3.05) is 18.1 Å². The first-order valence-electron chi connectivity index (χ1n) is 9.73. The number of halogens is 3. The van der Waals surface area contributed by atoms with E-state index in [0.717, 1.165) is 22.6 Å². The number of aliphatic hydroxyl groups is 1. The molecule has 0 saturated carbocycles. The van der Waals surface area contributed by atoms with Crippen molar-refractivity contribution in [3.63, 3.8) is 0 Å². The van der Waals surface area contributed by atoms with Crippen LogP contribution in [0.4, 0.5) is 23.7 Å². The fourth-order valence-electron chi connectivity index (χ4n) is 3.45. The lowest BCUT2D eigenvalue weighted by Crippen LogP contribution is -2.48. The van der Waals surface area contributed by atoms with Gasteiger partial charge in [-0.2, -0.15) is 13.2 Å². The van der Waals surface area contributed by atoms with Crippen molar-refractivity contribution in [3.8, 4) is 0 Å². The highest BCUT2D eigenvalue weighted by molar-refractivity contribution is 6.03. The number of carbonyl (C=O) groups excluding carboxylic acids is 2. The second-order valence-corrected chi connectivity index (χ2v) is 7.07. The van der Waals surface area contributed by atoms with Gasteiger partial charge in [-0.25, -0.2) is 9.59 Å². The molecule has 3 rings (SSSR count). The molecule has 1 aliphatic heterocycles. The van der Waals surface area contributed by atoms with Crippen molar-refractivity contribution < 1.29 is 32.6 Å². The molecule has 0 aliphatic carbocycles. The summed E-state index contributed by atoms with van der Waals surface area (Å²) in [5.74, 6) is -0.804. The van der Waals surface area contributed by atoms with E-state index in [1.54, 1.807) is 24.3 Å². The number of nitrogens with two attached hydrogens (primary N) is 1. The number of alkyl halides is 3. The molecule has 32 heavy (non-hydrogen) atoms. The van der Waals surface area contributed by atoms with Gasteiger partial charge in [-0.05, 0) is 36.2 Å². The number of nitrogens with zero attached hydrogens (tertiary/aromatic N) is 1. The van der Waals surface area contributed by atoms with Crippen LogP contribution in [0.25, 0.3) is 0 Å². The van der Waals surface area contributed by atoms with E-state index in [1.165, 1.54) is 19.1 Å². The molecular weight excluding hydrogens is 427 g/mol. The second kappa shape index (κ2) is 9.41. The van der Waals surface area contributed by atoms with Gasteiger partial charge < -0.3 is 20.9 Å². The first-order valence-corrected chi connectivity index (χ1v) is 9.73. The van der Waals surface area contributed by atoms with Crippen molar-refractivity contribution in [2.45, 2.75) is 25.7 Å². The quantitative estimate of drug-likeness (QED) is 0.588. The van der Waals surface area contributed by atoms with Gasteiger partial charge in [0.15, 0.2) is 0 Å². The summed E-state index contributed by atoms with van der Waals surface area (Å²) in [7, 11) is 0. The number of anilines is 1. The molecule has 2 aromatic rings. The van der Waals surface area contributed by atoms with E-state index in [9.17, 15) is 22.8 Å². The van der Waals surface area contributed by atoms with Crippen LogP contribution >= 0.6 is 0 Å². The number of allylic oxidation sites excluding steroid dienone is 1. The normalized spacial score (nSPS) is 16.8. The average molecular weight is 449 g/mol. The predicted octanol–water partition coefficient (Wildman–Crippen LogP) is 3.24. The summed E-state index contributed by atoms with van der Waals surface area (Å²) >= 11 is 0. The minimum absolute atomic E-state index is 0.0379. The third kappa shape index (κ3) is 4.76. The molecule has 0 saturated heterocycles. The summed E-state index contributed by atoms with van der Waals surface area (Å²) in [5, 5.41) is 11.7. The number of urea groups is 1. The van der Waals surface area contributed by atoms with Gasteiger partial charge in [-0.15, -0.1) is 0 Å². The molecule has 2 amide bonds. The molecule has 0 radical (unpaired) electrons. The fraction of sp³-hybridized carbons (Fsp3) is 0.273. The molecule has 2 aromatic carbocycles. The van der Waals surface area contributed by atoms with Crippen molar-refractivity contribution >= 4 is 17.7 Å². The van der Waals surface area contributed by atoms with E-state index in [2.05, 4.69) is 5.32 Å². The van der Waals surface area contributed by atoms with Crippen LogP contribution in [0.3, 0.4) is 0 Å². The Morgan fingerprint density at radius 2 is 1.91 bits per heavy atom. The Bertz CT molecular complexity index is 1040. The zero-order chi connectivity index (χ0) is 23.5. The van der Waals surface area contributed by atoms with Crippen LogP contribution < -0.4 is 16.0 Å². The van der Waals surface area contributed by atoms with Gasteiger partial charge in [0.2, 0.25) is 0 Å². The minimum atomic E-state index is -4.60. The molecule has 0 aromatic heterocycles. The van der Waals surface area contributed by atoms with Gasteiger partial charge in [0.25, 0.3) is 0 Å². The number of benzene rings is 2. The van der Waals surface area contributed by atoms with Crippen molar-refractivity contribution in [1.82, 2.24) is 5.32 Å². The van der Waals surface area contributed by atoms with Crippen molar-refractivity contribution in [3.05, 3.63) is 76.5 Å². The Balaban J connectivity index is 2.10. The molecule has 10 heteroatoms. The third-order valence-corrected chi connectivity index (χ3v) is 5.01. The average Bonchev–Trinajstić information content (AvgIpc) is 2.76. The zero-order valence-electron chi connectivity index (χ0n) is 17.1. The van der Waals surface area contributed by atoms with Crippen LogP contribution in [0.15, 0.2) is 59.8 Å². The standard InChI is InChI=1S/C22H22F3N3O4/c1-13-18(20(30)32-10-9-29)19(15-7-5-14(12-26)6-8-15)27-21(31)28(13)17-4-2-3-16(11-17)22(23,24)25/h2-8,11,19,29H,9-10,12,26H2,1H3,(H,27,31)/t19-/m1/s1. The van der Waals surface area contributed by atoms with Crippen LogP contribution in [0.1, 0.15) is 29.7 Å². The fourth-order valence-corrected chi connectivity index (χ4v) is 3.45. The SMILES string of the molecule is CC1=C(C(=O)OCCO)[C@@H](c2ccc(CN)cc2)NC(=O)N1c1cccc(C(F)(F)F)c1. The molecule has 1 heterocycles. The van der Waals surface area contributed by atoms with Crippen LogP contribution in [-0.4, -0.2) is 30.3 Å². The number of carbonyl (C=O) groups is 2. The van der Waals surface area contributed by atoms with Gasteiger partial charge in [0.1, 0.15) is 6.61 Å². The number of esters is 1. The Morgan fingerprint density at radius 1 is 1.22 bits per heavy atom. The topological polar surface area (TPSA) is 105 Å². The van der Waals surface area contributed by atoms with Crippen LogP contribution in [0.2, 0.25) is 0 Å². The summed E-state index contributed by atoms with van der Waals surface area (Å²) in [6, 6.07) is 9.51. The van der Waals surface area contributed by atoms with Gasteiger partial charge in [0, 0.05) is 12.2 Å². The maximum Gasteiger partial charge on any atom is 0.416 e. The van der Waals surface area contributed by atoms with E-state index in [4.69, 9.17) is 15.6 Å². The van der Waals surface area contributed by atoms with Gasteiger partial charge in [-0.1, -0.05) is 30.3 Å². The third-order valence-electron chi connectivity index (χ3n) is 5.01. The monoisotopic (exact) mass is 449 g/mol. The Labute approximate surface area is 182 Å². The van der Waals surface area contributed by atoms with E-state index in [1.807, 2.05) is 0 Å². The van der Waals surface area contributed by atoms with Crippen LogP contribution in [0, 0.1) is 0 Å². The Hall–Kier alpha value is -3.37. The lowest BCUT2D eigenvalue weighted by Gasteiger charge is -2.35. The van der Waals surface area contributed by atoms with Crippen LogP contribution in [-0.2, 0) is 22.3 Å². The molecule has 0 bridgehead atoms. The summed E-state index contributed by atoms with van der Waals surface area (Å²) in [6.45, 7) is 1.08. The number of aliphatic hydroxyl groups excluding tert-OH is 1. The Morgan fingerprint density at radius 3 is 2.50 bits per heavy atom. The van der Waals surface area contributed by atoms with Crippen LogP contribution in [0.5, 0.6) is 0 Å². The maximum atomic E-state index is 13.2. The Kier molecular flexibility index (Phi) is 6.85. The molecular formula is C22H22F3N3O4. The van der Waals surface area contributed by atoms with E-state index >= 15 is 0 Å². The molecule has 1 atom stereocenters. The number of nitrogens with one attached hydrogen (secondary N) is 1. The summed E-state index contributed by atoms with van der Waals surface area (Å²) < 4.78 is 44.6. The first-order chi connectivity index (χ1) is 15.2. The highest BCUT2D eigenvalue weighted by atomic mass is 19.4. The molecule has 0 unspecified atom stereocenters. The maximum absolute atomic E-state index is 13.2. The number of rotatable bonds is 6. The summed E-state index contributed by atoms with van der Waals surface area (Å²) in [6.07, 6.45) is -4.60. The summed E-state index contributed by atoms with van der Waals surface area (Å²) in [5.41, 5.74) is 6.18. The molecule has 0 fully saturated rings. The van der Waals surface area contributed by atoms with Gasteiger partial charge in [0.05, 0.1) is 29.5 Å². The number of hydrogen-bond acceptors (Lipinski definition) is 5. The molecule has 0 spiro atoms. The minimum Gasteiger partial charge on any atom is -0.460 e. The number of ether oxygens (including phenoxy) is 1. The molecule has 170 valence electrons. The first kappa shape index (κ1) is 23.3. The van der Waals surface area contributed by atoms with E-state index < -0.39 is 36.4 Å². The molecule has 1 aliphatic rings. The highest BCUT2D eigenvalue weighted by Gasteiger charge is 2.38. The molecule has 4 N–H and O–H groups in total. The summed E-state index contributed by atoms with van der Waals surface area (Å²) in [4.78, 5) is 26.8. The van der Waals surface area contributed by atoms with E-state index in [-0.39, 0.29) is 23.6 Å². The van der Waals surface area contributed by atoms with Crippen molar-refractivity contribution in [1.29, 1.82) is 0 Å². The predicted molar refractivity (Wildman–Crippen MR) is 110 cm³/mol. The smallest absolute Gasteiger partial charge is 0.416 e. The van der Waals surface area contributed by atoms with Crippen molar-refractivity contribution in [2.24, 2.45) is 5.73 Å². The molecule has 7 nitrogen and oxygen atoms in total. The largest absolute Gasteiger partial charge is 0.460 e. The second-order valence-electron chi connectivity index (χ2n) is 7.07.